The molecule has 36 heavy (non-hydrogen) atoms. The maximum Gasteiger partial charge on any atom is 0.407 e. The molecule has 0 bridgehead atoms. The number of hydrogen-bond donors (Lipinski definition) is 1. The number of alkyl carbamates (subject to hydrolysis) is 1. The largest absolute Gasteiger partial charge is 0.444 e. The summed E-state index contributed by atoms with van der Waals surface area (Å²) in [5.74, 6) is -0.0985. The number of aromatic nitrogens is 1. The van der Waals surface area contributed by atoms with E-state index in [4.69, 9.17) is 4.74 Å². The third kappa shape index (κ3) is 4.64. The molecule has 0 atom stereocenters. The van der Waals surface area contributed by atoms with Gasteiger partial charge in [0.25, 0.3) is 5.56 Å². The zero-order valence-corrected chi connectivity index (χ0v) is 21.2. The number of para-hydroxylation sites is 1. The standard InChI is InChI=1S/C28H27N3O4S/c1-28(2,3)35-27(34)29-19-16-30(17-19)26-23(24(33)18-10-6-4-7-11-18)21-14-15-22(32)31(25(21)36-26)20-12-8-5-9-13-20/h4-15,19H,16-17H2,1-3H3,(H,29,34). The lowest BCUT2D eigenvalue weighted by Gasteiger charge is -2.40. The number of amides is 1. The summed E-state index contributed by atoms with van der Waals surface area (Å²) in [5.41, 5.74) is 1.16. The van der Waals surface area contributed by atoms with Gasteiger partial charge in [-0.3, -0.25) is 14.2 Å². The van der Waals surface area contributed by atoms with Crippen LogP contribution in [0.5, 0.6) is 0 Å². The summed E-state index contributed by atoms with van der Waals surface area (Å²) < 4.78 is 7.03. The van der Waals surface area contributed by atoms with Crippen LogP contribution < -0.4 is 15.8 Å². The van der Waals surface area contributed by atoms with E-state index in [1.54, 1.807) is 22.8 Å². The van der Waals surface area contributed by atoms with Crippen LogP contribution >= 0.6 is 11.3 Å². The molecule has 184 valence electrons. The van der Waals surface area contributed by atoms with Gasteiger partial charge in [0.2, 0.25) is 0 Å². The topological polar surface area (TPSA) is 80.6 Å². The van der Waals surface area contributed by atoms with E-state index < -0.39 is 11.7 Å². The number of rotatable bonds is 5. The molecule has 3 heterocycles. The van der Waals surface area contributed by atoms with Crippen LogP contribution in [-0.4, -0.2) is 41.2 Å². The van der Waals surface area contributed by atoms with Gasteiger partial charge in [0.15, 0.2) is 5.78 Å². The van der Waals surface area contributed by atoms with E-state index in [1.807, 2.05) is 69.3 Å². The zero-order chi connectivity index (χ0) is 25.4. The van der Waals surface area contributed by atoms with Crippen LogP contribution in [0.4, 0.5) is 9.80 Å². The average molecular weight is 502 g/mol. The Kier molecular flexibility index (Phi) is 6.14. The molecule has 1 saturated heterocycles. The van der Waals surface area contributed by atoms with Gasteiger partial charge in [-0.2, -0.15) is 0 Å². The number of ketones is 1. The van der Waals surface area contributed by atoms with Gasteiger partial charge in [-0.25, -0.2) is 4.79 Å². The third-order valence-corrected chi connectivity index (χ3v) is 7.14. The molecule has 5 rings (SSSR count). The number of benzene rings is 2. The summed E-state index contributed by atoms with van der Waals surface area (Å²) in [6.07, 6.45) is -0.456. The molecule has 0 spiro atoms. The Balaban J connectivity index is 1.55. The number of fused-ring (bicyclic) bond motifs is 1. The van der Waals surface area contributed by atoms with Crippen molar-refractivity contribution in [3.8, 4) is 5.69 Å². The first-order chi connectivity index (χ1) is 17.2. The molecule has 1 fully saturated rings. The predicted octanol–water partition coefficient (Wildman–Crippen LogP) is 5.00. The second kappa shape index (κ2) is 9.28. The predicted molar refractivity (Wildman–Crippen MR) is 143 cm³/mol. The van der Waals surface area contributed by atoms with E-state index in [2.05, 4.69) is 10.2 Å². The smallest absolute Gasteiger partial charge is 0.407 e. The van der Waals surface area contributed by atoms with Gasteiger partial charge in [-0.05, 0) is 39.0 Å². The van der Waals surface area contributed by atoms with Crippen molar-refractivity contribution in [2.75, 3.05) is 18.0 Å². The molecule has 1 aliphatic heterocycles. The fourth-order valence-electron chi connectivity index (χ4n) is 4.28. The quantitative estimate of drug-likeness (QED) is 0.390. The van der Waals surface area contributed by atoms with E-state index in [-0.39, 0.29) is 17.4 Å². The number of carbonyl (C=O) groups excluding carboxylic acids is 2. The lowest BCUT2D eigenvalue weighted by Crippen LogP contribution is -2.60. The number of pyridine rings is 1. The van der Waals surface area contributed by atoms with Crippen LogP contribution in [0, 0.1) is 0 Å². The summed E-state index contributed by atoms with van der Waals surface area (Å²) in [4.78, 5) is 41.7. The van der Waals surface area contributed by atoms with Crippen molar-refractivity contribution in [1.82, 2.24) is 9.88 Å². The van der Waals surface area contributed by atoms with Crippen molar-refractivity contribution < 1.29 is 14.3 Å². The molecular weight excluding hydrogens is 474 g/mol. The number of ether oxygens (including phenoxy) is 1. The number of thiophene rings is 1. The molecule has 2 aromatic heterocycles. The Bertz CT molecular complexity index is 1480. The summed E-state index contributed by atoms with van der Waals surface area (Å²) in [5, 5.41) is 4.42. The van der Waals surface area contributed by atoms with Crippen LogP contribution in [0.15, 0.2) is 77.6 Å². The minimum atomic E-state index is -0.574. The molecule has 8 heteroatoms. The number of nitrogens with zero attached hydrogens (tertiary/aromatic N) is 2. The van der Waals surface area contributed by atoms with E-state index in [9.17, 15) is 14.4 Å². The highest BCUT2D eigenvalue weighted by molar-refractivity contribution is 7.23. The molecule has 4 aromatic rings. The number of nitrogens with one attached hydrogen (secondary N) is 1. The van der Waals surface area contributed by atoms with Crippen molar-refractivity contribution >= 4 is 38.4 Å². The van der Waals surface area contributed by atoms with Crippen LogP contribution in [0.1, 0.15) is 36.7 Å². The monoisotopic (exact) mass is 501 g/mol. The van der Waals surface area contributed by atoms with Crippen molar-refractivity contribution in [1.29, 1.82) is 0 Å². The second-order valence-corrected chi connectivity index (χ2v) is 10.8. The van der Waals surface area contributed by atoms with Crippen molar-refractivity contribution in [2.24, 2.45) is 0 Å². The minimum Gasteiger partial charge on any atom is -0.444 e. The van der Waals surface area contributed by atoms with Gasteiger partial charge in [-0.15, -0.1) is 0 Å². The SMILES string of the molecule is CC(C)(C)OC(=O)NC1CN(c2sc3c(ccc(=O)n3-c3ccccc3)c2C(=O)c2ccccc2)C1. The first kappa shape index (κ1) is 23.8. The van der Waals surface area contributed by atoms with Gasteiger partial charge < -0.3 is 15.0 Å². The van der Waals surface area contributed by atoms with Gasteiger partial charge in [0, 0.05) is 30.1 Å². The first-order valence-corrected chi connectivity index (χ1v) is 12.6. The minimum absolute atomic E-state index is 0.0962. The summed E-state index contributed by atoms with van der Waals surface area (Å²) >= 11 is 1.42. The summed E-state index contributed by atoms with van der Waals surface area (Å²) in [6.45, 7) is 6.55. The second-order valence-electron chi connectivity index (χ2n) is 9.79. The average Bonchev–Trinajstić information content (AvgIpc) is 3.19. The molecule has 0 unspecified atom stereocenters. The van der Waals surface area contributed by atoms with Gasteiger partial charge >= 0.3 is 6.09 Å². The number of hydrogen-bond acceptors (Lipinski definition) is 6. The normalized spacial score (nSPS) is 13.9. The van der Waals surface area contributed by atoms with Crippen LogP contribution in [0.3, 0.4) is 0 Å². The number of anilines is 1. The maximum atomic E-state index is 13.7. The molecule has 1 amide bonds. The van der Waals surface area contributed by atoms with E-state index >= 15 is 0 Å². The molecule has 0 aliphatic carbocycles. The van der Waals surface area contributed by atoms with E-state index in [1.165, 1.54) is 17.4 Å². The fraction of sp³-hybridized carbons (Fsp3) is 0.250. The Morgan fingerprint density at radius 2 is 1.58 bits per heavy atom. The zero-order valence-electron chi connectivity index (χ0n) is 20.4. The lowest BCUT2D eigenvalue weighted by molar-refractivity contribution is 0.0496. The Morgan fingerprint density at radius 1 is 0.944 bits per heavy atom. The van der Waals surface area contributed by atoms with E-state index in [0.717, 1.165) is 16.1 Å². The molecule has 1 N–H and O–H groups in total. The van der Waals surface area contributed by atoms with Crippen molar-refractivity contribution in [3.05, 3.63) is 94.3 Å². The molecule has 0 saturated carbocycles. The summed E-state index contributed by atoms with van der Waals surface area (Å²) in [7, 11) is 0. The third-order valence-electron chi connectivity index (χ3n) is 5.89. The van der Waals surface area contributed by atoms with Gasteiger partial charge in [0.05, 0.1) is 17.3 Å². The molecule has 1 aliphatic rings. The Morgan fingerprint density at radius 3 is 2.22 bits per heavy atom. The highest BCUT2D eigenvalue weighted by Gasteiger charge is 2.35. The van der Waals surface area contributed by atoms with Crippen LogP contribution in [0.2, 0.25) is 0 Å². The van der Waals surface area contributed by atoms with Crippen molar-refractivity contribution in [2.45, 2.75) is 32.4 Å². The molecule has 7 nitrogen and oxygen atoms in total. The van der Waals surface area contributed by atoms with Crippen LogP contribution in [-0.2, 0) is 4.74 Å². The maximum absolute atomic E-state index is 13.7. The Hall–Kier alpha value is -3.91. The molecular formula is C28H27N3O4S. The lowest BCUT2D eigenvalue weighted by atomic mass is 10.0. The van der Waals surface area contributed by atoms with E-state index in [0.29, 0.717) is 29.0 Å². The highest BCUT2D eigenvalue weighted by atomic mass is 32.1. The van der Waals surface area contributed by atoms with Gasteiger partial charge in [0.1, 0.15) is 15.4 Å². The number of carbonyl (C=O) groups is 2. The molecule has 0 radical (unpaired) electrons. The first-order valence-electron chi connectivity index (χ1n) is 11.8. The van der Waals surface area contributed by atoms with Crippen LogP contribution in [0.25, 0.3) is 15.9 Å². The summed E-state index contributed by atoms with van der Waals surface area (Å²) in [6, 6.07) is 21.7. The fourth-order valence-corrected chi connectivity index (χ4v) is 5.61. The Labute approximate surface area is 212 Å². The van der Waals surface area contributed by atoms with Crippen molar-refractivity contribution in [3.63, 3.8) is 0 Å². The highest BCUT2D eigenvalue weighted by Crippen LogP contribution is 2.41. The molecule has 2 aromatic carbocycles. The van der Waals surface area contributed by atoms with Gasteiger partial charge in [-0.1, -0.05) is 59.9 Å².